The highest BCUT2D eigenvalue weighted by molar-refractivity contribution is 5.99. The number of hydrogen-bond acceptors (Lipinski definition) is 1. The molecule has 19 heavy (non-hydrogen) atoms. The van der Waals surface area contributed by atoms with E-state index in [9.17, 15) is 4.79 Å². The molecule has 3 rings (SSSR count). The maximum Gasteiger partial charge on any atom is 0.270 e. The first kappa shape index (κ1) is 12.3. The summed E-state index contributed by atoms with van der Waals surface area (Å²) in [7, 11) is 0. The number of aryl methyl sites for hydroxylation is 2. The van der Waals surface area contributed by atoms with Gasteiger partial charge in [-0.25, -0.2) is 0 Å². The molecule has 0 saturated heterocycles. The first-order valence-corrected chi connectivity index (χ1v) is 7.16. The van der Waals surface area contributed by atoms with Crippen LogP contribution in [0.2, 0.25) is 0 Å². The molecular weight excluding hydrogens is 236 g/mol. The quantitative estimate of drug-likeness (QED) is 0.828. The molecular formula is C16H20N2O. The molecule has 3 nitrogen and oxygen atoms in total. The molecule has 0 atom stereocenters. The Morgan fingerprint density at radius 1 is 1.32 bits per heavy atom. The van der Waals surface area contributed by atoms with Crippen LogP contribution in [0.3, 0.4) is 0 Å². The molecule has 0 fully saturated rings. The second-order valence-corrected chi connectivity index (χ2v) is 5.12. The maximum absolute atomic E-state index is 12.6. The van der Waals surface area contributed by atoms with Crippen molar-refractivity contribution in [1.29, 1.82) is 0 Å². The molecule has 2 heterocycles. The summed E-state index contributed by atoms with van der Waals surface area (Å²) in [5.74, 6) is 0.161. The van der Waals surface area contributed by atoms with E-state index in [4.69, 9.17) is 0 Å². The number of carbonyl (C=O) groups is 1. The molecule has 0 spiro atoms. The summed E-state index contributed by atoms with van der Waals surface area (Å²) in [6, 6.07) is 8.45. The third-order valence-electron chi connectivity index (χ3n) is 4.10. The maximum atomic E-state index is 12.6. The van der Waals surface area contributed by atoms with E-state index < -0.39 is 0 Å². The highest BCUT2D eigenvalue weighted by Gasteiger charge is 2.22. The van der Waals surface area contributed by atoms with E-state index in [1.165, 1.54) is 16.5 Å². The van der Waals surface area contributed by atoms with Gasteiger partial charge in [0.2, 0.25) is 0 Å². The van der Waals surface area contributed by atoms with Crippen LogP contribution in [-0.2, 0) is 13.0 Å². The van der Waals surface area contributed by atoms with Gasteiger partial charge >= 0.3 is 0 Å². The van der Waals surface area contributed by atoms with Crippen molar-refractivity contribution < 1.29 is 4.79 Å². The normalized spacial score (nSPS) is 13.8. The van der Waals surface area contributed by atoms with E-state index >= 15 is 0 Å². The fourth-order valence-electron chi connectivity index (χ4n) is 3.11. The predicted molar refractivity (Wildman–Crippen MR) is 77.5 cm³/mol. The van der Waals surface area contributed by atoms with Crippen molar-refractivity contribution in [2.45, 2.75) is 33.2 Å². The van der Waals surface area contributed by atoms with Crippen LogP contribution in [0, 0.1) is 0 Å². The first-order chi connectivity index (χ1) is 9.26. The number of hydrogen-bond donors (Lipinski definition) is 0. The summed E-state index contributed by atoms with van der Waals surface area (Å²) in [4.78, 5) is 14.5. The van der Waals surface area contributed by atoms with Crippen LogP contribution in [-0.4, -0.2) is 28.5 Å². The van der Waals surface area contributed by atoms with E-state index in [0.29, 0.717) is 0 Å². The highest BCUT2D eigenvalue weighted by atomic mass is 16.2. The largest absolute Gasteiger partial charge is 0.338 e. The van der Waals surface area contributed by atoms with Crippen LogP contribution in [0.5, 0.6) is 0 Å². The molecule has 1 aliphatic heterocycles. The zero-order valence-corrected chi connectivity index (χ0v) is 11.6. The SMILES string of the molecule is CCN(CC)C(=O)c1cc2cccc3c2n1CCC3. The minimum atomic E-state index is 0.161. The molecule has 1 aliphatic rings. The Bertz CT molecular complexity index is 623. The number of amides is 1. The Morgan fingerprint density at radius 3 is 2.84 bits per heavy atom. The van der Waals surface area contributed by atoms with Gasteiger partial charge in [-0.3, -0.25) is 4.79 Å². The molecule has 0 N–H and O–H groups in total. The highest BCUT2D eigenvalue weighted by Crippen LogP contribution is 2.29. The molecule has 100 valence electrons. The number of carbonyl (C=O) groups excluding carboxylic acids is 1. The molecule has 0 unspecified atom stereocenters. The van der Waals surface area contributed by atoms with Gasteiger partial charge in [-0.05, 0) is 38.3 Å². The van der Waals surface area contributed by atoms with Crippen molar-refractivity contribution in [2.75, 3.05) is 13.1 Å². The number of para-hydroxylation sites is 1. The standard InChI is InChI=1S/C16H20N2O/c1-3-17(4-2)16(19)14-11-13-8-5-7-12-9-6-10-18(14)15(12)13/h5,7-8,11H,3-4,6,9-10H2,1-2H3. The molecule has 1 amide bonds. The fraction of sp³-hybridized carbons (Fsp3) is 0.438. The molecule has 0 radical (unpaired) electrons. The topological polar surface area (TPSA) is 25.2 Å². The zero-order valence-electron chi connectivity index (χ0n) is 11.6. The van der Waals surface area contributed by atoms with Gasteiger partial charge in [0.25, 0.3) is 5.91 Å². The Hall–Kier alpha value is -1.77. The number of benzene rings is 1. The molecule has 1 aromatic heterocycles. The van der Waals surface area contributed by atoms with Crippen molar-refractivity contribution in [1.82, 2.24) is 9.47 Å². The average Bonchev–Trinajstić information content (AvgIpc) is 2.82. The Morgan fingerprint density at radius 2 is 2.11 bits per heavy atom. The molecule has 0 bridgehead atoms. The lowest BCUT2D eigenvalue weighted by atomic mass is 10.0. The van der Waals surface area contributed by atoms with Gasteiger partial charge in [0.15, 0.2) is 0 Å². The lowest BCUT2D eigenvalue weighted by molar-refractivity contribution is 0.0762. The monoisotopic (exact) mass is 256 g/mol. The lowest BCUT2D eigenvalue weighted by Crippen LogP contribution is -2.32. The van der Waals surface area contributed by atoms with Crippen LogP contribution in [0.15, 0.2) is 24.3 Å². The predicted octanol–water partition coefficient (Wildman–Crippen LogP) is 3.07. The summed E-state index contributed by atoms with van der Waals surface area (Å²) in [5.41, 5.74) is 3.50. The van der Waals surface area contributed by atoms with Gasteiger partial charge in [-0.2, -0.15) is 0 Å². The van der Waals surface area contributed by atoms with E-state index in [2.05, 4.69) is 28.8 Å². The summed E-state index contributed by atoms with van der Waals surface area (Å²) in [5, 5.41) is 1.20. The third-order valence-corrected chi connectivity index (χ3v) is 4.10. The van der Waals surface area contributed by atoms with Gasteiger partial charge in [0.05, 0.1) is 5.52 Å². The Labute approximate surface area is 113 Å². The van der Waals surface area contributed by atoms with E-state index in [1.54, 1.807) is 0 Å². The first-order valence-electron chi connectivity index (χ1n) is 7.16. The van der Waals surface area contributed by atoms with Crippen LogP contribution >= 0.6 is 0 Å². The van der Waals surface area contributed by atoms with Crippen LogP contribution in [0.1, 0.15) is 36.3 Å². The molecule has 0 saturated carbocycles. The molecule has 2 aromatic rings. The number of rotatable bonds is 3. The zero-order chi connectivity index (χ0) is 13.4. The Kier molecular flexibility index (Phi) is 3.05. The molecule has 0 aliphatic carbocycles. The van der Waals surface area contributed by atoms with Gasteiger partial charge in [0.1, 0.15) is 5.69 Å². The second kappa shape index (κ2) is 4.72. The van der Waals surface area contributed by atoms with E-state index in [0.717, 1.165) is 38.2 Å². The number of nitrogens with zero attached hydrogens (tertiary/aromatic N) is 2. The van der Waals surface area contributed by atoms with Crippen molar-refractivity contribution >= 4 is 16.8 Å². The summed E-state index contributed by atoms with van der Waals surface area (Å²) in [6.45, 7) is 6.56. The van der Waals surface area contributed by atoms with Crippen LogP contribution in [0.25, 0.3) is 10.9 Å². The minimum absolute atomic E-state index is 0.161. The van der Waals surface area contributed by atoms with Crippen molar-refractivity contribution in [3.8, 4) is 0 Å². The van der Waals surface area contributed by atoms with E-state index in [-0.39, 0.29) is 5.91 Å². The summed E-state index contributed by atoms with van der Waals surface area (Å²) >= 11 is 0. The molecule has 3 heteroatoms. The third kappa shape index (κ3) is 1.84. The van der Waals surface area contributed by atoms with Gasteiger partial charge < -0.3 is 9.47 Å². The van der Waals surface area contributed by atoms with Crippen molar-refractivity contribution in [3.05, 3.63) is 35.5 Å². The number of aromatic nitrogens is 1. The second-order valence-electron chi connectivity index (χ2n) is 5.12. The van der Waals surface area contributed by atoms with E-state index in [1.807, 2.05) is 18.7 Å². The lowest BCUT2D eigenvalue weighted by Gasteiger charge is -2.22. The van der Waals surface area contributed by atoms with Gasteiger partial charge in [-0.1, -0.05) is 18.2 Å². The van der Waals surface area contributed by atoms with Crippen molar-refractivity contribution in [2.24, 2.45) is 0 Å². The van der Waals surface area contributed by atoms with Crippen LogP contribution < -0.4 is 0 Å². The fourth-order valence-corrected chi connectivity index (χ4v) is 3.11. The Balaban J connectivity index is 2.15. The summed E-state index contributed by atoms with van der Waals surface area (Å²) in [6.07, 6.45) is 2.25. The summed E-state index contributed by atoms with van der Waals surface area (Å²) < 4.78 is 2.22. The van der Waals surface area contributed by atoms with Crippen LogP contribution in [0.4, 0.5) is 0 Å². The molecule has 1 aromatic carbocycles. The van der Waals surface area contributed by atoms with Gasteiger partial charge in [0, 0.05) is 25.0 Å². The smallest absolute Gasteiger partial charge is 0.270 e. The minimum Gasteiger partial charge on any atom is -0.338 e. The average molecular weight is 256 g/mol. The van der Waals surface area contributed by atoms with Gasteiger partial charge in [-0.15, -0.1) is 0 Å². The van der Waals surface area contributed by atoms with Crippen molar-refractivity contribution in [3.63, 3.8) is 0 Å².